The van der Waals surface area contributed by atoms with Gasteiger partial charge in [-0.05, 0) is 11.6 Å². The van der Waals surface area contributed by atoms with Gasteiger partial charge in [0.25, 0.3) is 5.69 Å². The molecule has 82 valence electrons. The van der Waals surface area contributed by atoms with Gasteiger partial charge in [-0.25, -0.2) is 5.90 Å². The molecule has 0 radical (unpaired) electrons. The van der Waals surface area contributed by atoms with Gasteiger partial charge in [-0.1, -0.05) is 18.5 Å². The van der Waals surface area contributed by atoms with E-state index >= 15 is 0 Å². The second-order valence-electron chi connectivity index (χ2n) is 3.20. The summed E-state index contributed by atoms with van der Waals surface area (Å²) in [6, 6.07) is 4.30. The molecular weight excluding hydrogens is 220 g/mol. The van der Waals surface area contributed by atoms with Crippen LogP contribution in [0.3, 0.4) is 0 Å². The van der Waals surface area contributed by atoms with Crippen molar-refractivity contribution in [3.05, 3.63) is 38.9 Å². The molecule has 6 heteroatoms. The highest BCUT2D eigenvalue weighted by Gasteiger charge is 2.14. The summed E-state index contributed by atoms with van der Waals surface area (Å²) < 4.78 is 0. The molecule has 0 spiro atoms. The van der Waals surface area contributed by atoms with Crippen molar-refractivity contribution in [2.24, 2.45) is 5.90 Å². The lowest BCUT2D eigenvalue weighted by molar-refractivity contribution is -0.384. The minimum Gasteiger partial charge on any atom is -0.304 e. The smallest absolute Gasteiger partial charge is 0.269 e. The van der Waals surface area contributed by atoms with Gasteiger partial charge >= 0.3 is 0 Å². The van der Waals surface area contributed by atoms with Gasteiger partial charge in [-0.2, -0.15) is 0 Å². The highest BCUT2D eigenvalue weighted by molar-refractivity contribution is 6.31. The summed E-state index contributed by atoms with van der Waals surface area (Å²) in [4.78, 5) is 14.6. The van der Waals surface area contributed by atoms with Gasteiger partial charge < -0.3 is 4.84 Å². The van der Waals surface area contributed by atoms with Gasteiger partial charge in [0.15, 0.2) is 0 Å². The van der Waals surface area contributed by atoms with Crippen LogP contribution in [0.15, 0.2) is 18.2 Å². The number of nitrogens with zero attached hydrogens (tertiary/aromatic N) is 1. The maximum absolute atomic E-state index is 10.6. The molecule has 0 aliphatic heterocycles. The molecule has 0 amide bonds. The van der Waals surface area contributed by atoms with Gasteiger partial charge in [0.2, 0.25) is 0 Å². The zero-order chi connectivity index (χ0) is 11.4. The number of rotatable bonds is 4. The Morgan fingerprint density at radius 2 is 2.33 bits per heavy atom. The number of hydrogen-bond acceptors (Lipinski definition) is 4. The lowest BCUT2D eigenvalue weighted by Gasteiger charge is -2.11. The first kappa shape index (κ1) is 11.9. The molecule has 1 rings (SSSR count). The second-order valence-corrected chi connectivity index (χ2v) is 3.60. The second kappa shape index (κ2) is 5.06. The van der Waals surface area contributed by atoms with Crippen molar-refractivity contribution in [2.45, 2.75) is 12.8 Å². The molecule has 0 aliphatic rings. The van der Waals surface area contributed by atoms with Crippen LogP contribution >= 0.6 is 11.6 Å². The summed E-state index contributed by atoms with van der Waals surface area (Å²) in [5.74, 6) is 4.86. The molecule has 1 aromatic carbocycles. The van der Waals surface area contributed by atoms with Crippen molar-refractivity contribution in [2.75, 3.05) is 6.61 Å². The fraction of sp³-hybridized carbons (Fsp3) is 0.333. The first-order valence-electron chi connectivity index (χ1n) is 4.31. The standard InChI is InChI=1S/C9H11ClN2O3/c1-6(5-15-11)8-4-7(12(13)14)2-3-9(8)10/h2-4,6H,5,11H2,1H3. The first-order chi connectivity index (χ1) is 7.06. The molecule has 1 unspecified atom stereocenters. The first-order valence-corrected chi connectivity index (χ1v) is 4.69. The molecule has 0 aliphatic carbocycles. The molecule has 5 nitrogen and oxygen atoms in total. The monoisotopic (exact) mass is 230 g/mol. The number of benzene rings is 1. The van der Waals surface area contributed by atoms with E-state index in [9.17, 15) is 10.1 Å². The molecule has 0 saturated heterocycles. The fourth-order valence-corrected chi connectivity index (χ4v) is 1.56. The van der Waals surface area contributed by atoms with Crippen LogP contribution in [0.2, 0.25) is 5.02 Å². The van der Waals surface area contributed by atoms with Gasteiger partial charge in [-0.15, -0.1) is 0 Å². The lowest BCUT2D eigenvalue weighted by atomic mass is 10.0. The Morgan fingerprint density at radius 1 is 1.67 bits per heavy atom. The minimum absolute atomic E-state index is 0.0123. The molecule has 2 N–H and O–H groups in total. The highest BCUT2D eigenvalue weighted by Crippen LogP contribution is 2.28. The van der Waals surface area contributed by atoms with Crippen LogP contribution in [-0.4, -0.2) is 11.5 Å². The Kier molecular flexibility index (Phi) is 4.02. The number of nitro groups is 1. The van der Waals surface area contributed by atoms with E-state index in [1.807, 2.05) is 6.92 Å². The maximum Gasteiger partial charge on any atom is 0.269 e. The van der Waals surface area contributed by atoms with Crippen LogP contribution in [-0.2, 0) is 4.84 Å². The van der Waals surface area contributed by atoms with E-state index in [-0.39, 0.29) is 18.2 Å². The van der Waals surface area contributed by atoms with E-state index < -0.39 is 4.92 Å². The van der Waals surface area contributed by atoms with Crippen LogP contribution < -0.4 is 5.90 Å². The van der Waals surface area contributed by atoms with Gasteiger partial charge in [0.1, 0.15) is 0 Å². The van der Waals surface area contributed by atoms with Crippen molar-refractivity contribution in [3.63, 3.8) is 0 Å². The van der Waals surface area contributed by atoms with Crippen molar-refractivity contribution < 1.29 is 9.76 Å². The quantitative estimate of drug-likeness (QED) is 0.636. The number of hydrogen-bond donors (Lipinski definition) is 1. The molecule has 0 fully saturated rings. The SMILES string of the molecule is CC(CON)c1cc([N+](=O)[O-])ccc1Cl. The third kappa shape index (κ3) is 2.89. The molecular formula is C9H11ClN2O3. The van der Waals surface area contributed by atoms with Gasteiger partial charge in [0, 0.05) is 23.1 Å². The molecule has 0 heterocycles. The number of halogens is 1. The summed E-state index contributed by atoms with van der Waals surface area (Å²) in [6.07, 6.45) is 0. The number of nitrogens with two attached hydrogens (primary N) is 1. The van der Waals surface area contributed by atoms with Crippen LogP contribution in [0.4, 0.5) is 5.69 Å². The Bertz CT molecular complexity index is 370. The molecule has 1 atom stereocenters. The van der Waals surface area contributed by atoms with E-state index in [1.54, 1.807) is 0 Å². The summed E-state index contributed by atoms with van der Waals surface area (Å²) in [5.41, 5.74) is 0.676. The zero-order valence-electron chi connectivity index (χ0n) is 8.14. The Hall–Kier alpha value is -1.17. The predicted molar refractivity (Wildman–Crippen MR) is 56.7 cm³/mol. The van der Waals surface area contributed by atoms with E-state index in [0.717, 1.165) is 0 Å². The molecule has 0 saturated carbocycles. The van der Waals surface area contributed by atoms with Crippen LogP contribution in [0.1, 0.15) is 18.4 Å². The molecule has 1 aromatic rings. The van der Waals surface area contributed by atoms with Crippen molar-refractivity contribution in [3.8, 4) is 0 Å². The van der Waals surface area contributed by atoms with E-state index in [2.05, 4.69) is 4.84 Å². The third-order valence-electron chi connectivity index (χ3n) is 2.07. The maximum atomic E-state index is 10.6. The van der Waals surface area contributed by atoms with Gasteiger partial charge in [-0.3, -0.25) is 10.1 Å². The van der Waals surface area contributed by atoms with Gasteiger partial charge in [0.05, 0.1) is 11.5 Å². The third-order valence-corrected chi connectivity index (χ3v) is 2.41. The van der Waals surface area contributed by atoms with Crippen LogP contribution in [0.5, 0.6) is 0 Å². The highest BCUT2D eigenvalue weighted by atomic mass is 35.5. The predicted octanol–water partition coefficient (Wildman–Crippen LogP) is 2.24. The van der Waals surface area contributed by atoms with Crippen molar-refractivity contribution in [1.82, 2.24) is 0 Å². The van der Waals surface area contributed by atoms with E-state index in [0.29, 0.717) is 10.6 Å². The van der Waals surface area contributed by atoms with E-state index in [1.165, 1.54) is 18.2 Å². The summed E-state index contributed by atoms with van der Waals surface area (Å²) >= 11 is 5.91. The molecule has 0 aromatic heterocycles. The summed E-state index contributed by atoms with van der Waals surface area (Å²) in [7, 11) is 0. The molecule has 0 bridgehead atoms. The number of nitro benzene ring substituents is 1. The Morgan fingerprint density at radius 3 is 2.87 bits per heavy atom. The molecule has 15 heavy (non-hydrogen) atoms. The normalized spacial score (nSPS) is 12.5. The average Bonchev–Trinajstić information content (AvgIpc) is 2.18. The summed E-state index contributed by atoms with van der Waals surface area (Å²) in [6.45, 7) is 2.10. The largest absolute Gasteiger partial charge is 0.304 e. The lowest BCUT2D eigenvalue weighted by Crippen LogP contribution is -2.09. The number of non-ortho nitro benzene ring substituents is 1. The fourth-order valence-electron chi connectivity index (χ4n) is 1.26. The Balaban J connectivity index is 3.04. The van der Waals surface area contributed by atoms with E-state index in [4.69, 9.17) is 17.5 Å². The Labute approximate surface area is 91.9 Å². The summed E-state index contributed by atoms with van der Waals surface area (Å²) in [5, 5.41) is 11.0. The van der Waals surface area contributed by atoms with Crippen LogP contribution in [0.25, 0.3) is 0 Å². The zero-order valence-corrected chi connectivity index (χ0v) is 8.90. The van der Waals surface area contributed by atoms with Crippen molar-refractivity contribution >= 4 is 17.3 Å². The topological polar surface area (TPSA) is 78.4 Å². The average molecular weight is 231 g/mol. The van der Waals surface area contributed by atoms with Crippen LogP contribution in [0, 0.1) is 10.1 Å². The minimum atomic E-state index is -0.462. The van der Waals surface area contributed by atoms with Crippen molar-refractivity contribution in [1.29, 1.82) is 0 Å².